The lowest BCUT2D eigenvalue weighted by atomic mass is 10.2. The van der Waals surface area contributed by atoms with Crippen molar-refractivity contribution in [3.05, 3.63) is 66.1 Å². The van der Waals surface area contributed by atoms with Gasteiger partial charge in [0.1, 0.15) is 0 Å². The third-order valence-corrected chi connectivity index (χ3v) is 3.90. The monoisotopic (exact) mass is 336 g/mol. The summed E-state index contributed by atoms with van der Waals surface area (Å²) >= 11 is 0. The van der Waals surface area contributed by atoms with Crippen LogP contribution in [0, 0.1) is 0 Å². The molecule has 25 heavy (non-hydrogen) atoms. The Morgan fingerprint density at radius 1 is 1.12 bits per heavy atom. The van der Waals surface area contributed by atoms with Crippen molar-refractivity contribution in [3.63, 3.8) is 0 Å². The first-order valence-electron chi connectivity index (χ1n) is 7.91. The van der Waals surface area contributed by atoms with Gasteiger partial charge in [-0.2, -0.15) is 5.10 Å². The number of rotatable bonds is 5. The van der Waals surface area contributed by atoms with E-state index in [1.807, 2.05) is 18.3 Å². The normalized spacial score (nSPS) is 12.2. The molecule has 3 heterocycles. The average molecular weight is 336 g/mol. The Morgan fingerprint density at radius 3 is 2.84 bits per heavy atom. The van der Waals surface area contributed by atoms with Gasteiger partial charge in [-0.05, 0) is 42.3 Å². The van der Waals surface area contributed by atoms with Gasteiger partial charge in [-0.1, -0.05) is 0 Å². The van der Waals surface area contributed by atoms with Crippen LogP contribution in [0.4, 0.5) is 5.82 Å². The number of hydrogen-bond acceptors (Lipinski definition) is 5. The molecule has 1 aliphatic rings. The number of nitrogens with zero attached hydrogens (tertiary/aromatic N) is 3. The van der Waals surface area contributed by atoms with E-state index >= 15 is 0 Å². The Labute approximate surface area is 144 Å². The summed E-state index contributed by atoms with van der Waals surface area (Å²) in [7, 11) is 0. The molecule has 126 valence electrons. The first kappa shape index (κ1) is 15.2. The van der Waals surface area contributed by atoms with Crippen LogP contribution < -0.4 is 14.8 Å². The van der Waals surface area contributed by atoms with Crippen molar-refractivity contribution >= 4 is 11.7 Å². The van der Waals surface area contributed by atoms with Crippen molar-refractivity contribution in [2.75, 3.05) is 12.1 Å². The molecule has 4 rings (SSSR count). The minimum absolute atomic E-state index is 0.183. The van der Waals surface area contributed by atoms with Crippen LogP contribution in [0.1, 0.15) is 15.9 Å². The summed E-state index contributed by atoms with van der Waals surface area (Å²) in [5.74, 6) is 1.50. The number of hydrogen-bond donors (Lipinski definition) is 1. The van der Waals surface area contributed by atoms with E-state index in [1.165, 1.54) is 5.56 Å². The molecule has 7 heteroatoms. The fraction of sp³-hybridized carbons (Fsp3) is 0.167. The van der Waals surface area contributed by atoms with Gasteiger partial charge in [0.15, 0.2) is 17.3 Å². The summed E-state index contributed by atoms with van der Waals surface area (Å²) in [6, 6.07) is 10.8. The summed E-state index contributed by atoms with van der Waals surface area (Å²) in [4.78, 5) is 16.3. The molecule has 0 aliphatic carbocycles. The molecule has 0 atom stereocenters. The third kappa shape index (κ3) is 3.45. The number of carbonyl (C=O) groups excluding carboxylic acids is 1. The van der Waals surface area contributed by atoms with Crippen LogP contribution in [0.25, 0.3) is 0 Å². The number of fused-ring (bicyclic) bond motifs is 1. The molecule has 1 amide bonds. The smallest absolute Gasteiger partial charge is 0.257 e. The van der Waals surface area contributed by atoms with Crippen LogP contribution in [0.15, 0.2) is 55.0 Å². The molecule has 0 saturated heterocycles. The number of benzene rings is 1. The van der Waals surface area contributed by atoms with Crippen molar-refractivity contribution in [2.45, 2.75) is 13.0 Å². The van der Waals surface area contributed by atoms with E-state index in [2.05, 4.69) is 15.4 Å². The van der Waals surface area contributed by atoms with Gasteiger partial charge >= 0.3 is 0 Å². The SMILES string of the molecule is O=C(Nc1ccn(CCc2ccncc2)n1)c1ccc2c(c1)OCO2. The molecule has 1 aromatic carbocycles. The molecule has 0 saturated carbocycles. The Morgan fingerprint density at radius 2 is 1.96 bits per heavy atom. The van der Waals surface area contributed by atoms with Crippen LogP contribution >= 0.6 is 0 Å². The molecule has 7 nitrogen and oxygen atoms in total. The van der Waals surface area contributed by atoms with Crippen molar-refractivity contribution in [2.24, 2.45) is 0 Å². The maximum Gasteiger partial charge on any atom is 0.257 e. The van der Waals surface area contributed by atoms with Gasteiger partial charge in [0.05, 0.1) is 0 Å². The molecule has 0 unspecified atom stereocenters. The number of anilines is 1. The van der Waals surface area contributed by atoms with Gasteiger partial charge in [0.25, 0.3) is 5.91 Å². The van der Waals surface area contributed by atoms with Crippen molar-refractivity contribution in [3.8, 4) is 11.5 Å². The third-order valence-electron chi connectivity index (χ3n) is 3.90. The van der Waals surface area contributed by atoms with Gasteiger partial charge in [-0.15, -0.1) is 0 Å². The predicted octanol–water partition coefficient (Wildman–Crippen LogP) is 2.50. The quantitative estimate of drug-likeness (QED) is 0.774. The second kappa shape index (κ2) is 6.64. The van der Waals surface area contributed by atoms with Crippen LogP contribution in [0.3, 0.4) is 0 Å². The first-order valence-corrected chi connectivity index (χ1v) is 7.91. The molecular weight excluding hydrogens is 320 g/mol. The van der Waals surface area contributed by atoms with Crippen molar-refractivity contribution < 1.29 is 14.3 Å². The molecule has 1 aliphatic heterocycles. The van der Waals surface area contributed by atoms with E-state index in [4.69, 9.17) is 9.47 Å². The molecule has 0 spiro atoms. The summed E-state index contributed by atoms with van der Waals surface area (Å²) in [5, 5.41) is 7.17. The second-order valence-corrected chi connectivity index (χ2v) is 5.59. The molecule has 3 aromatic rings. The predicted molar refractivity (Wildman–Crippen MR) is 90.7 cm³/mol. The van der Waals surface area contributed by atoms with Gasteiger partial charge < -0.3 is 14.8 Å². The highest BCUT2D eigenvalue weighted by molar-refractivity contribution is 6.04. The lowest BCUT2D eigenvalue weighted by Crippen LogP contribution is -2.13. The zero-order valence-corrected chi connectivity index (χ0v) is 13.4. The number of aromatic nitrogens is 3. The lowest BCUT2D eigenvalue weighted by Gasteiger charge is -2.04. The largest absolute Gasteiger partial charge is 0.454 e. The van der Waals surface area contributed by atoms with E-state index in [1.54, 1.807) is 41.3 Å². The Hall–Kier alpha value is -3.35. The standard InChI is InChI=1S/C18H16N4O3/c23-18(14-1-2-15-16(11-14)25-12-24-15)20-17-6-10-22(21-17)9-5-13-3-7-19-8-4-13/h1-4,6-8,10-11H,5,9,12H2,(H,20,21,23). The summed E-state index contributed by atoms with van der Waals surface area (Å²) in [5.41, 5.74) is 1.69. The summed E-state index contributed by atoms with van der Waals surface area (Å²) in [6.45, 7) is 0.909. The highest BCUT2D eigenvalue weighted by Gasteiger charge is 2.16. The zero-order chi connectivity index (χ0) is 17.1. The molecule has 0 fully saturated rings. The lowest BCUT2D eigenvalue weighted by molar-refractivity contribution is 0.102. The van der Waals surface area contributed by atoms with E-state index in [-0.39, 0.29) is 12.7 Å². The van der Waals surface area contributed by atoms with E-state index in [0.717, 1.165) is 13.0 Å². The van der Waals surface area contributed by atoms with Crippen LogP contribution in [-0.4, -0.2) is 27.5 Å². The maximum absolute atomic E-state index is 12.3. The number of pyridine rings is 1. The first-order chi connectivity index (χ1) is 12.3. The summed E-state index contributed by atoms with van der Waals surface area (Å²) in [6.07, 6.45) is 6.24. The molecule has 1 N–H and O–H groups in total. The summed E-state index contributed by atoms with van der Waals surface area (Å²) < 4.78 is 12.3. The zero-order valence-electron chi connectivity index (χ0n) is 13.4. The van der Waals surface area contributed by atoms with Crippen LogP contribution in [-0.2, 0) is 13.0 Å². The molecular formula is C18H16N4O3. The van der Waals surface area contributed by atoms with E-state index in [9.17, 15) is 4.79 Å². The number of nitrogens with one attached hydrogen (secondary N) is 1. The van der Waals surface area contributed by atoms with Crippen molar-refractivity contribution in [1.29, 1.82) is 0 Å². The number of aryl methyl sites for hydroxylation is 2. The van der Waals surface area contributed by atoms with Gasteiger partial charge in [0, 0.05) is 36.8 Å². The Bertz CT molecular complexity index is 892. The van der Waals surface area contributed by atoms with Gasteiger partial charge in [0.2, 0.25) is 6.79 Å². The average Bonchev–Trinajstić information content (AvgIpc) is 3.29. The van der Waals surface area contributed by atoms with E-state index < -0.39 is 0 Å². The Kier molecular flexibility index (Phi) is 4.04. The number of carbonyl (C=O) groups is 1. The maximum atomic E-state index is 12.3. The van der Waals surface area contributed by atoms with Gasteiger partial charge in [-0.25, -0.2) is 0 Å². The fourth-order valence-electron chi connectivity index (χ4n) is 2.57. The minimum atomic E-state index is -0.238. The molecule has 0 radical (unpaired) electrons. The van der Waals surface area contributed by atoms with E-state index in [0.29, 0.717) is 22.9 Å². The minimum Gasteiger partial charge on any atom is -0.454 e. The number of amides is 1. The highest BCUT2D eigenvalue weighted by atomic mass is 16.7. The second-order valence-electron chi connectivity index (χ2n) is 5.59. The van der Waals surface area contributed by atoms with Crippen LogP contribution in [0.2, 0.25) is 0 Å². The molecule has 0 bridgehead atoms. The number of ether oxygens (including phenoxy) is 2. The highest BCUT2D eigenvalue weighted by Crippen LogP contribution is 2.32. The van der Waals surface area contributed by atoms with Crippen molar-refractivity contribution in [1.82, 2.24) is 14.8 Å². The topological polar surface area (TPSA) is 78.3 Å². The molecule has 2 aromatic heterocycles. The Balaban J connectivity index is 1.38. The van der Waals surface area contributed by atoms with Gasteiger partial charge in [-0.3, -0.25) is 14.5 Å². The van der Waals surface area contributed by atoms with Crippen LogP contribution in [0.5, 0.6) is 11.5 Å². The fourth-order valence-corrected chi connectivity index (χ4v) is 2.57.